The van der Waals surface area contributed by atoms with Crippen molar-refractivity contribution in [2.45, 2.75) is 64.4 Å². The van der Waals surface area contributed by atoms with Gasteiger partial charge in [-0.2, -0.15) is 4.31 Å². The van der Waals surface area contributed by atoms with Crippen LogP contribution >= 0.6 is 0 Å². The van der Waals surface area contributed by atoms with Gasteiger partial charge < -0.3 is 5.32 Å². The van der Waals surface area contributed by atoms with Crippen LogP contribution in [0.2, 0.25) is 0 Å². The minimum atomic E-state index is -3.67. The molecule has 1 aliphatic rings. The van der Waals surface area contributed by atoms with Crippen LogP contribution in [0, 0.1) is 20.8 Å². The minimum absolute atomic E-state index is 0.00417. The number of carbonyl (C=O) groups excluding carboxylic acids is 1. The molecule has 0 bridgehead atoms. The molecule has 0 spiro atoms. The molecular weight excluding hydrogens is 312 g/mol. The number of hydrogen-bond acceptors (Lipinski definition) is 3. The zero-order valence-corrected chi connectivity index (χ0v) is 15.3. The van der Waals surface area contributed by atoms with Gasteiger partial charge in [0.15, 0.2) is 0 Å². The third-order valence-electron chi connectivity index (χ3n) is 4.11. The number of rotatable bonds is 4. The first-order valence-electron chi connectivity index (χ1n) is 8.04. The molecule has 2 rings (SSSR count). The molecule has 0 saturated carbocycles. The van der Waals surface area contributed by atoms with E-state index in [1.165, 1.54) is 4.31 Å². The molecule has 1 amide bonds. The summed E-state index contributed by atoms with van der Waals surface area (Å²) in [6.45, 7) is 9.72. The molecule has 1 fully saturated rings. The summed E-state index contributed by atoms with van der Waals surface area (Å²) in [5, 5.41) is 2.83. The Morgan fingerprint density at radius 1 is 1.22 bits per heavy atom. The SMILES string of the molecule is Cc1cc(C)c(S(=O)(=O)N2CCCC2C(=O)NC(C)C)c(C)c1. The maximum Gasteiger partial charge on any atom is 0.244 e. The zero-order valence-electron chi connectivity index (χ0n) is 14.5. The molecule has 1 saturated heterocycles. The molecule has 1 aromatic rings. The van der Waals surface area contributed by atoms with E-state index >= 15 is 0 Å². The van der Waals surface area contributed by atoms with Crippen LogP contribution < -0.4 is 5.32 Å². The lowest BCUT2D eigenvalue weighted by Crippen LogP contribution is -2.47. The first-order valence-corrected chi connectivity index (χ1v) is 9.48. The van der Waals surface area contributed by atoms with Gasteiger partial charge in [-0.3, -0.25) is 4.79 Å². The highest BCUT2D eigenvalue weighted by atomic mass is 32.2. The van der Waals surface area contributed by atoms with Crippen LogP contribution in [-0.2, 0) is 14.8 Å². The standard InChI is InChI=1S/C17H26N2O3S/c1-11(2)18-17(20)15-7-6-8-19(15)23(21,22)16-13(4)9-12(3)10-14(16)5/h9-11,15H,6-8H2,1-5H3,(H,18,20). The van der Waals surface area contributed by atoms with E-state index in [0.717, 1.165) is 16.7 Å². The molecule has 0 aromatic heterocycles. The summed E-state index contributed by atoms with van der Waals surface area (Å²) in [6, 6.07) is 3.14. The van der Waals surface area contributed by atoms with Crippen LogP contribution in [-0.4, -0.2) is 37.3 Å². The van der Waals surface area contributed by atoms with Crippen molar-refractivity contribution in [3.63, 3.8) is 0 Å². The van der Waals surface area contributed by atoms with Crippen molar-refractivity contribution in [1.29, 1.82) is 0 Å². The first-order chi connectivity index (χ1) is 10.6. The molecule has 1 atom stereocenters. The van der Waals surface area contributed by atoms with E-state index in [9.17, 15) is 13.2 Å². The van der Waals surface area contributed by atoms with Crippen LogP contribution in [0.25, 0.3) is 0 Å². The summed E-state index contributed by atoms with van der Waals surface area (Å²) in [6.07, 6.45) is 1.28. The molecule has 0 radical (unpaired) electrons. The Balaban J connectivity index is 2.41. The Labute approximate surface area is 139 Å². The van der Waals surface area contributed by atoms with Gasteiger partial charge in [-0.05, 0) is 58.6 Å². The molecule has 1 heterocycles. The molecule has 0 aliphatic carbocycles. The fraction of sp³-hybridized carbons (Fsp3) is 0.588. The maximum atomic E-state index is 13.1. The maximum absolute atomic E-state index is 13.1. The van der Waals surface area contributed by atoms with Gasteiger partial charge in [-0.1, -0.05) is 17.7 Å². The molecule has 1 aliphatic heterocycles. The molecular formula is C17H26N2O3S. The van der Waals surface area contributed by atoms with Crippen LogP contribution in [0.1, 0.15) is 43.4 Å². The van der Waals surface area contributed by atoms with Gasteiger partial charge >= 0.3 is 0 Å². The highest BCUT2D eigenvalue weighted by Gasteiger charge is 2.40. The topological polar surface area (TPSA) is 66.5 Å². The summed E-state index contributed by atoms with van der Waals surface area (Å²) in [7, 11) is -3.67. The van der Waals surface area contributed by atoms with Crippen molar-refractivity contribution in [1.82, 2.24) is 9.62 Å². The molecule has 23 heavy (non-hydrogen) atoms. The highest BCUT2D eigenvalue weighted by Crippen LogP contribution is 2.30. The van der Waals surface area contributed by atoms with Crippen molar-refractivity contribution >= 4 is 15.9 Å². The lowest BCUT2D eigenvalue weighted by molar-refractivity contribution is -0.124. The summed E-state index contributed by atoms with van der Waals surface area (Å²) in [5.41, 5.74) is 2.50. The summed E-state index contributed by atoms with van der Waals surface area (Å²) in [4.78, 5) is 12.7. The van der Waals surface area contributed by atoms with Gasteiger partial charge in [0.2, 0.25) is 15.9 Å². The second-order valence-electron chi connectivity index (χ2n) is 6.66. The number of sulfonamides is 1. The van der Waals surface area contributed by atoms with Crippen molar-refractivity contribution < 1.29 is 13.2 Å². The minimum Gasteiger partial charge on any atom is -0.353 e. The highest BCUT2D eigenvalue weighted by molar-refractivity contribution is 7.89. The van der Waals surface area contributed by atoms with Crippen LogP contribution in [0.4, 0.5) is 0 Å². The quantitative estimate of drug-likeness (QED) is 0.916. The van der Waals surface area contributed by atoms with E-state index in [0.29, 0.717) is 24.3 Å². The zero-order chi connectivity index (χ0) is 17.4. The number of amides is 1. The van der Waals surface area contributed by atoms with E-state index in [1.54, 1.807) is 0 Å². The Hall–Kier alpha value is -1.40. The molecule has 5 nitrogen and oxygen atoms in total. The predicted octanol–water partition coefficient (Wildman–Crippen LogP) is 2.29. The van der Waals surface area contributed by atoms with Gasteiger partial charge in [-0.25, -0.2) is 8.42 Å². The smallest absolute Gasteiger partial charge is 0.244 e. The van der Waals surface area contributed by atoms with Crippen LogP contribution in [0.3, 0.4) is 0 Å². The van der Waals surface area contributed by atoms with Gasteiger partial charge in [0.05, 0.1) is 4.90 Å². The summed E-state index contributed by atoms with van der Waals surface area (Å²) < 4.78 is 27.6. The predicted molar refractivity (Wildman–Crippen MR) is 90.8 cm³/mol. The first kappa shape index (κ1) is 17.9. The molecule has 1 unspecified atom stereocenters. The number of hydrogen-bond donors (Lipinski definition) is 1. The third kappa shape index (κ3) is 3.58. The fourth-order valence-electron chi connectivity index (χ4n) is 3.36. The van der Waals surface area contributed by atoms with Gasteiger partial charge in [-0.15, -0.1) is 0 Å². The number of aryl methyl sites for hydroxylation is 3. The van der Waals surface area contributed by atoms with Crippen molar-refractivity contribution in [2.75, 3.05) is 6.54 Å². The van der Waals surface area contributed by atoms with E-state index in [1.807, 2.05) is 46.8 Å². The summed E-state index contributed by atoms with van der Waals surface area (Å²) in [5.74, 6) is -0.205. The summed E-state index contributed by atoms with van der Waals surface area (Å²) >= 11 is 0. The second kappa shape index (κ2) is 6.61. The average molecular weight is 338 g/mol. The number of nitrogens with one attached hydrogen (secondary N) is 1. The lowest BCUT2D eigenvalue weighted by atomic mass is 10.1. The number of benzene rings is 1. The average Bonchev–Trinajstić information content (AvgIpc) is 2.85. The van der Waals surface area contributed by atoms with E-state index in [-0.39, 0.29) is 11.9 Å². The van der Waals surface area contributed by atoms with Crippen LogP contribution in [0.5, 0.6) is 0 Å². The van der Waals surface area contributed by atoms with Gasteiger partial charge in [0, 0.05) is 12.6 Å². The lowest BCUT2D eigenvalue weighted by Gasteiger charge is -2.26. The van der Waals surface area contributed by atoms with Gasteiger partial charge in [0.1, 0.15) is 6.04 Å². The molecule has 128 valence electrons. The van der Waals surface area contributed by atoms with E-state index in [4.69, 9.17) is 0 Å². The third-order valence-corrected chi connectivity index (χ3v) is 6.32. The van der Waals surface area contributed by atoms with Gasteiger partial charge in [0.25, 0.3) is 0 Å². The Kier molecular flexibility index (Phi) is 5.16. The fourth-order valence-corrected chi connectivity index (χ4v) is 5.43. The van der Waals surface area contributed by atoms with Crippen molar-refractivity contribution in [3.8, 4) is 0 Å². The Morgan fingerprint density at radius 2 is 1.78 bits per heavy atom. The van der Waals surface area contributed by atoms with Crippen molar-refractivity contribution in [2.24, 2.45) is 0 Å². The Bertz CT molecular complexity index is 688. The number of nitrogens with zero attached hydrogens (tertiary/aromatic N) is 1. The Morgan fingerprint density at radius 3 is 2.30 bits per heavy atom. The normalized spacial score (nSPS) is 19.3. The molecule has 1 aromatic carbocycles. The largest absolute Gasteiger partial charge is 0.353 e. The number of carbonyl (C=O) groups is 1. The molecule has 1 N–H and O–H groups in total. The van der Waals surface area contributed by atoms with E-state index in [2.05, 4.69) is 5.32 Å². The molecule has 6 heteroatoms. The van der Waals surface area contributed by atoms with E-state index < -0.39 is 16.1 Å². The monoisotopic (exact) mass is 338 g/mol. The second-order valence-corrected chi connectivity index (χ2v) is 8.49. The van der Waals surface area contributed by atoms with Crippen LogP contribution in [0.15, 0.2) is 17.0 Å². The van der Waals surface area contributed by atoms with Crippen molar-refractivity contribution in [3.05, 3.63) is 28.8 Å².